The summed E-state index contributed by atoms with van der Waals surface area (Å²) in [5.41, 5.74) is 3.69. The Labute approximate surface area is 168 Å². The molecular formula is C21H23N5OS. The molecule has 1 aromatic carbocycles. The van der Waals surface area contributed by atoms with E-state index in [4.69, 9.17) is 0 Å². The number of aromatic nitrogens is 3. The molecule has 3 aromatic rings. The Morgan fingerprint density at radius 1 is 1.14 bits per heavy atom. The fraction of sp³-hybridized carbons (Fsp3) is 0.333. The predicted molar refractivity (Wildman–Crippen MR) is 113 cm³/mol. The van der Waals surface area contributed by atoms with E-state index in [1.54, 1.807) is 17.5 Å². The first-order valence-electron chi connectivity index (χ1n) is 9.49. The molecule has 7 heteroatoms. The van der Waals surface area contributed by atoms with Crippen molar-refractivity contribution in [3.05, 3.63) is 47.2 Å². The molecule has 1 aliphatic heterocycles. The van der Waals surface area contributed by atoms with Crippen molar-refractivity contribution < 1.29 is 4.79 Å². The van der Waals surface area contributed by atoms with Crippen LogP contribution in [0.1, 0.15) is 43.3 Å². The smallest absolute Gasteiger partial charge is 0.227 e. The Morgan fingerprint density at radius 3 is 2.57 bits per heavy atom. The van der Waals surface area contributed by atoms with E-state index in [-0.39, 0.29) is 5.91 Å². The van der Waals surface area contributed by atoms with Gasteiger partial charge in [-0.3, -0.25) is 4.79 Å². The summed E-state index contributed by atoms with van der Waals surface area (Å²) < 4.78 is 0. The topological polar surface area (TPSA) is 71.0 Å². The van der Waals surface area contributed by atoms with Crippen LogP contribution >= 0.6 is 11.3 Å². The normalized spacial score (nSPS) is 14.1. The molecule has 0 spiro atoms. The fourth-order valence-corrected chi connectivity index (χ4v) is 4.26. The van der Waals surface area contributed by atoms with Crippen LogP contribution in [0.4, 0.5) is 17.3 Å². The van der Waals surface area contributed by atoms with Crippen molar-refractivity contribution in [3.8, 4) is 10.6 Å². The Balaban J connectivity index is 1.53. The highest BCUT2D eigenvalue weighted by Crippen LogP contribution is 2.32. The first-order valence-corrected chi connectivity index (χ1v) is 10.3. The van der Waals surface area contributed by atoms with Crippen LogP contribution in [0.5, 0.6) is 0 Å². The number of hydrogen-bond donors (Lipinski definition) is 1. The molecule has 0 unspecified atom stereocenters. The molecule has 1 aliphatic rings. The lowest BCUT2D eigenvalue weighted by molar-refractivity contribution is -0.117. The maximum absolute atomic E-state index is 11.9. The monoisotopic (exact) mass is 393 g/mol. The lowest BCUT2D eigenvalue weighted by Crippen LogP contribution is -2.23. The minimum Gasteiger partial charge on any atom is -0.324 e. The van der Waals surface area contributed by atoms with Gasteiger partial charge in [-0.05, 0) is 43.7 Å². The van der Waals surface area contributed by atoms with Gasteiger partial charge in [0.1, 0.15) is 0 Å². The number of aryl methyl sites for hydroxylation is 1. The van der Waals surface area contributed by atoms with Gasteiger partial charge in [-0.15, -0.1) is 11.3 Å². The molecule has 0 bridgehead atoms. The third-order valence-electron chi connectivity index (χ3n) is 4.70. The van der Waals surface area contributed by atoms with E-state index in [1.807, 2.05) is 42.2 Å². The first kappa shape index (κ1) is 18.6. The van der Waals surface area contributed by atoms with Gasteiger partial charge in [-0.25, -0.2) is 15.0 Å². The molecule has 1 amide bonds. The van der Waals surface area contributed by atoms with E-state index in [1.165, 1.54) is 0 Å². The molecule has 1 saturated heterocycles. The molecule has 0 atom stereocenters. The zero-order chi connectivity index (χ0) is 19.7. The molecule has 1 N–H and O–H groups in total. The average molecular weight is 394 g/mol. The highest BCUT2D eigenvalue weighted by atomic mass is 32.1. The van der Waals surface area contributed by atoms with Gasteiger partial charge in [0.15, 0.2) is 0 Å². The highest BCUT2D eigenvalue weighted by molar-refractivity contribution is 7.15. The first-order chi connectivity index (χ1) is 13.5. The predicted octanol–water partition coefficient (Wildman–Crippen LogP) is 4.90. The van der Waals surface area contributed by atoms with Crippen LogP contribution in [0, 0.1) is 6.92 Å². The minimum absolute atomic E-state index is 0.192. The summed E-state index contributed by atoms with van der Waals surface area (Å²) >= 11 is 1.69. The van der Waals surface area contributed by atoms with E-state index in [9.17, 15) is 4.79 Å². The Hall–Kier alpha value is -2.80. The standard InChI is InChI=1S/C21H23N5OS/c1-13(2)20-23-14(3)19(28-20)17-10-11-22-21(25-17)24-15-6-8-16(9-7-15)26-12-4-5-18(26)27/h6-11,13H,4-5,12H2,1-3H3,(H,22,24,25). The van der Waals surface area contributed by atoms with Crippen molar-refractivity contribution in [2.45, 2.75) is 39.5 Å². The summed E-state index contributed by atoms with van der Waals surface area (Å²) in [6.07, 6.45) is 3.32. The summed E-state index contributed by atoms with van der Waals surface area (Å²) in [6.45, 7) is 7.11. The number of anilines is 3. The SMILES string of the molecule is Cc1nc(C(C)C)sc1-c1ccnc(Nc2ccc(N3CCCC3=O)cc2)n1. The summed E-state index contributed by atoms with van der Waals surface area (Å²) in [5, 5.41) is 4.37. The minimum atomic E-state index is 0.192. The average Bonchev–Trinajstić information content (AvgIpc) is 3.28. The van der Waals surface area contributed by atoms with Crippen LogP contribution in [-0.4, -0.2) is 27.4 Å². The van der Waals surface area contributed by atoms with Gasteiger partial charge in [0.25, 0.3) is 0 Å². The van der Waals surface area contributed by atoms with E-state index < -0.39 is 0 Å². The van der Waals surface area contributed by atoms with E-state index in [0.29, 0.717) is 18.3 Å². The summed E-state index contributed by atoms with van der Waals surface area (Å²) in [5.74, 6) is 1.14. The molecule has 6 nitrogen and oxygen atoms in total. The number of benzene rings is 1. The number of carbonyl (C=O) groups is 1. The molecule has 3 heterocycles. The maximum Gasteiger partial charge on any atom is 0.227 e. The van der Waals surface area contributed by atoms with Gasteiger partial charge >= 0.3 is 0 Å². The van der Waals surface area contributed by atoms with Crippen LogP contribution in [-0.2, 0) is 4.79 Å². The molecule has 144 valence electrons. The Kier molecular flexibility index (Phi) is 5.09. The second-order valence-electron chi connectivity index (χ2n) is 7.21. The highest BCUT2D eigenvalue weighted by Gasteiger charge is 2.21. The number of thiazole rings is 1. The zero-order valence-electron chi connectivity index (χ0n) is 16.3. The van der Waals surface area contributed by atoms with Crippen molar-refractivity contribution >= 4 is 34.6 Å². The van der Waals surface area contributed by atoms with Crippen LogP contribution in [0.2, 0.25) is 0 Å². The van der Waals surface area contributed by atoms with Crippen molar-refractivity contribution in [2.75, 3.05) is 16.8 Å². The van der Waals surface area contributed by atoms with Gasteiger partial charge in [-0.1, -0.05) is 13.8 Å². The number of nitrogens with one attached hydrogen (secondary N) is 1. The van der Waals surface area contributed by atoms with Gasteiger partial charge in [0, 0.05) is 36.5 Å². The Morgan fingerprint density at radius 2 is 1.93 bits per heavy atom. The molecule has 1 fully saturated rings. The summed E-state index contributed by atoms with van der Waals surface area (Å²) in [6, 6.07) is 9.73. The third-order valence-corrected chi connectivity index (χ3v) is 6.18. The van der Waals surface area contributed by atoms with E-state index in [2.05, 4.69) is 34.1 Å². The zero-order valence-corrected chi connectivity index (χ0v) is 17.1. The summed E-state index contributed by atoms with van der Waals surface area (Å²) in [4.78, 5) is 28.5. The fourth-order valence-electron chi connectivity index (χ4n) is 3.22. The maximum atomic E-state index is 11.9. The van der Waals surface area contributed by atoms with Gasteiger partial charge in [0.05, 0.1) is 21.3 Å². The molecule has 0 saturated carbocycles. The van der Waals surface area contributed by atoms with Crippen molar-refractivity contribution in [1.82, 2.24) is 15.0 Å². The van der Waals surface area contributed by atoms with Crippen molar-refractivity contribution in [2.24, 2.45) is 0 Å². The van der Waals surface area contributed by atoms with Crippen molar-refractivity contribution in [1.29, 1.82) is 0 Å². The third kappa shape index (κ3) is 3.75. The molecule has 0 aliphatic carbocycles. The second-order valence-corrected chi connectivity index (χ2v) is 8.24. The number of nitrogens with zero attached hydrogens (tertiary/aromatic N) is 4. The molecule has 0 radical (unpaired) electrons. The van der Waals surface area contributed by atoms with Crippen LogP contribution in [0.3, 0.4) is 0 Å². The molecule has 28 heavy (non-hydrogen) atoms. The van der Waals surface area contributed by atoms with Crippen LogP contribution in [0.15, 0.2) is 36.5 Å². The second kappa shape index (κ2) is 7.67. The van der Waals surface area contributed by atoms with Crippen LogP contribution < -0.4 is 10.2 Å². The quantitative estimate of drug-likeness (QED) is 0.667. The largest absolute Gasteiger partial charge is 0.324 e. The number of rotatable bonds is 5. The summed E-state index contributed by atoms with van der Waals surface area (Å²) in [7, 11) is 0. The molecule has 4 rings (SSSR count). The lowest BCUT2D eigenvalue weighted by atomic mass is 10.2. The van der Waals surface area contributed by atoms with E-state index >= 15 is 0 Å². The number of hydrogen-bond acceptors (Lipinski definition) is 6. The van der Waals surface area contributed by atoms with Crippen molar-refractivity contribution in [3.63, 3.8) is 0 Å². The molecular weight excluding hydrogens is 370 g/mol. The number of amides is 1. The van der Waals surface area contributed by atoms with E-state index in [0.717, 1.165) is 45.6 Å². The van der Waals surface area contributed by atoms with Gasteiger partial charge in [-0.2, -0.15) is 0 Å². The van der Waals surface area contributed by atoms with Gasteiger partial charge < -0.3 is 10.2 Å². The lowest BCUT2D eigenvalue weighted by Gasteiger charge is -2.16. The number of carbonyl (C=O) groups excluding carboxylic acids is 1. The molecule has 2 aromatic heterocycles. The Bertz CT molecular complexity index is 996. The van der Waals surface area contributed by atoms with Gasteiger partial charge in [0.2, 0.25) is 11.9 Å². The van der Waals surface area contributed by atoms with Crippen LogP contribution in [0.25, 0.3) is 10.6 Å².